The van der Waals surface area contributed by atoms with Crippen molar-refractivity contribution in [2.24, 2.45) is 0 Å². The average Bonchev–Trinajstić information content (AvgIpc) is 3.17. The van der Waals surface area contributed by atoms with Crippen molar-refractivity contribution in [3.63, 3.8) is 0 Å². The third-order valence-electron chi connectivity index (χ3n) is 4.63. The van der Waals surface area contributed by atoms with Crippen molar-refractivity contribution < 1.29 is 14.3 Å². The van der Waals surface area contributed by atoms with E-state index >= 15 is 0 Å². The van der Waals surface area contributed by atoms with Gasteiger partial charge in [0, 0.05) is 38.3 Å². The number of carbonyl (C=O) groups is 1. The lowest BCUT2D eigenvalue weighted by molar-refractivity contribution is -0.137. The molecule has 0 bridgehead atoms. The summed E-state index contributed by atoms with van der Waals surface area (Å²) in [5.41, 5.74) is 0. The molecule has 1 saturated heterocycles. The monoisotopic (exact) mass is 343 g/mol. The van der Waals surface area contributed by atoms with Crippen LogP contribution in [-0.4, -0.2) is 46.9 Å². The summed E-state index contributed by atoms with van der Waals surface area (Å²) in [5, 5.41) is 4.22. The molecule has 134 valence electrons. The molecule has 2 heterocycles. The molecule has 3 rings (SSSR count). The second-order valence-electron chi connectivity index (χ2n) is 6.20. The number of methoxy groups -OCH3 is 1. The number of hydrogen-bond acceptors (Lipinski definition) is 4. The molecule has 0 saturated carbocycles. The Morgan fingerprint density at radius 3 is 2.56 bits per heavy atom. The molecular formula is C19H25N3O3. The lowest BCUT2D eigenvalue weighted by atomic mass is 10.1. The van der Waals surface area contributed by atoms with Gasteiger partial charge in [-0.3, -0.25) is 9.48 Å². The maximum atomic E-state index is 12.8. The van der Waals surface area contributed by atoms with Gasteiger partial charge in [0.15, 0.2) is 11.5 Å². The zero-order valence-corrected chi connectivity index (χ0v) is 14.8. The summed E-state index contributed by atoms with van der Waals surface area (Å²) < 4.78 is 13.2. The number of likely N-dealkylation sites (tertiary alicyclic amines) is 1. The summed E-state index contributed by atoms with van der Waals surface area (Å²) in [7, 11) is 1.64. The van der Waals surface area contributed by atoms with Gasteiger partial charge in [0.25, 0.3) is 0 Å². The molecule has 1 aromatic carbocycles. The highest BCUT2D eigenvalue weighted by atomic mass is 16.5. The molecule has 6 nitrogen and oxygen atoms in total. The summed E-state index contributed by atoms with van der Waals surface area (Å²) in [6.07, 6.45) is 6.04. The van der Waals surface area contributed by atoms with Crippen molar-refractivity contribution in [1.29, 1.82) is 0 Å². The fourth-order valence-corrected chi connectivity index (χ4v) is 3.24. The van der Waals surface area contributed by atoms with Crippen molar-refractivity contribution in [3.05, 3.63) is 42.7 Å². The minimum absolute atomic E-state index is 0.102. The van der Waals surface area contributed by atoms with Gasteiger partial charge in [-0.15, -0.1) is 0 Å². The van der Waals surface area contributed by atoms with Crippen molar-refractivity contribution >= 4 is 5.91 Å². The highest BCUT2D eigenvalue weighted by Gasteiger charge is 2.29. The van der Waals surface area contributed by atoms with Gasteiger partial charge < -0.3 is 14.4 Å². The van der Waals surface area contributed by atoms with Gasteiger partial charge in [0.05, 0.1) is 7.11 Å². The minimum atomic E-state index is -0.221. The molecule has 1 amide bonds. The third kappa shape index (κ3) is 3.95. The number of nitrogens with zero attached hydrogens (tertiary/aromatic N) is 3. The van der Waals surface area contributed by atoms with E-state index in [-0.39, 0.29) is 18.1 Å². The smallest absolute Gasteiger partial charge is 0.247 e. The summed E-state index contributed by atoms with van der Waals surface area (Å²) in [5.74, 6) is 1.64. The number of ether oxygens (including phenoxy) is 2. The van der Waals surface area contributed by atoms with Crippen LogP contribution in [0.25, 0.3) is 0 Å². The molecule has 0 N–H and O–H groups in total. The van der Waals surface area contributed by atoms with Crippen LogP contribution in [-0.2, 0) is 4.79 Å². The Kier molecular flexibility index (Phi) is 5.58. The Morgan fingerprint density at radius 2 is 1.96 bits per heavy atom. The number of amides is 1. The molecule has 6 heteroatoms. The van der Waals surface area contributed by atoms with Crippen molar-refractivity contribution in [2.75, 3.05) is 20.2 Å². The topological polar surface area (TPSA) is 56.6 Å². The normalized spacial score (nSPS) is 16.5. The van der Waals surface area contributed by atoms with Crippen LogP contribution in [0.4, 0.5) is 0 Å². The van der Waals surface area contributed by atoms with E-state index < -0.39 is 0 Å². The molecule has 0 spiro atoms. The number of piperidine rings is 1. The van der Waals surface area contributed by atoms with Gasteiger partial charge in [0.2, 0.25) is 5.91 Å². The van der Waals surface area contributed by atoms with Gasteiger partial charge in [0.1, 0.15) is 12.1 Å². The number of para-hydroxylation sites is 2. The van der Waals surface area contributed by atoms with Gasteiger partial charge in [-0.2, -0.15) is 5.10 Å². The highest BCUT2D eigenvalue weighted by Crippen LogP contribution is 2.29. The molecular weight excluding hydrogens is 318 g/mol. The van der Waals surface area contributed by atoms with Crippen molar-refractivity contribution in [1.82, 2.24) is 14.7 Å². The lowest BCUT2D eigenvalue weighted by Crippen LogP contribution is -2.44. The van der Waals surface area contributed by atoms with Crippen LogP contribution >= 0.6 is 0 Å². The molecule has 1 atom stereocenters. The van der Waals surface area contributed by atoms with Crippen LogP contribution in [0.1, 0.15) is 32.2 Å². The Morgan fingerprint density at radius 1 is 1.24 bits per heavy atom. The summed E-state index contributed by atoms with van der Waals surface area (Å²) in [4.78, 5) is 14.7. The SMILES string of the molecule is CC[C@H](C(=O)N1CCC(Oc2ccccc2OC)CC1)n1cccn1. The quantitative estimate of drug-likeness (QED) is 0.809. The summed E-state index contributed by atoms with van der Waals surface area (Å²) in [6, 6.07) is 9.30. The summed E-state index contributed by atoms with van der Waals surface area (Å²) >= 11 is 0. The number of aromatic nitrogens is 2. The molecule has 1 aromatic heterocycles. The molecule has 1 fully saturated rings. The highest BCUT2D eigenvalue weighted by molar-refractivity contribution is 5.80. The Labute approximate surface area is 148 Å². The van der Waals surface area contributed by atoms with Crippen LogP contribution in [0, 0.1) is 0 Å². The largest absolute Gasteiger partial charge is 0.493 e. The van der Waals surface area contributed by atoms with Crippen LogP contribution in [0.3, 0.4) is 0 Å². The maximum absolute atomic E-state index is 12.8. The van der Waals surface area contributed by atoms with Gasteiger partial charge in [-0.1, -0.05) is 19.1 Å². The van der Waals surface area contributed by atoms with E-state index in [1.807, 2.05) is 48.4 Å². The molecule has 0 radical (unpaired) electrons. The van der Waals surface area contributed by atoms with Crippen LogP contribution < -0.4 is 9.47 Å². The van der Waals surface area contributed by atoms with Crippen LogP contribution in [0.5, 0.6) is 11.5 Å². The first-order valence-electron chi connectivity index (χ1n) is 8.80. The van der Waals surface area contributed by atoms with Crippen LogP contribution in [0.15, 0.2) is 42.7 Å². The zero-order chi connectivity index (χ0) is 17.6. The lowest BCUT2D eigenvalue weighted by Gasteiger charge is -2.34. The minimum Gasteiger partial charge on any atom is -0.493 e. The second-order valence-corrected chi connectivity index (χ2v) is 6.20. The van der Waals surface area contributed by atoms with Crippen molar-refractivity contribution in [2.45, 2.75) is 38.3 Å². The standard InChI is InChI=1S/C19H25N3O3/c1-3-16(22-12-6-11-20-22)19(23)21-13-9-15(10-14-21)25-18-8-5-4-7-17(18)24-2/h4-8,11-12,15-16H,3,9-10,13-14H2,1-2H3/t16-/m1/s1. The first-order valence-corrected chi connectivity index (χ1v) is 8.80. The maximum Gasteiger partial charge on any atom is 0.247 e. The van der Waals surface area contributed by atoms with Crippen LogP contribution in [0.2, 0.25) is 0 Å². The van der Waals surface area contributed by atoms with E-state index in [4.69, 9.17) is 9.47 Å². The number of carbonyl (C=O) groups excluding carboxylic acids is 1. The first kappa shape index (κ1) is 17.3. The van der Waals surface area contributed by atoms with Gasteiger partial charge >= 0.3 is 0 Å². The number of rotatable bonds is 6. The van der Waals surface area contributed by atoms with E-state index in [1.165, 1.54) is 0 Å². The Balaban J connectivity index is 1.57. The molecule has 0 aliphatic carbocycles. The molecule has 0 unspecified atom stereocenters. The van der Waals surface area contributed by atoms with Gasteiger partial charge in [-0.25, -0.2) is 0 Å². The summed E-state index contributed by atoms with van der Waals surface area (Å²) in [6.45, 7) is 3.43. The fourth-order valence-electron chi connectivity index (χ4n) is 3.24. The number of benzene rings is 1. The average molecular weight is 343 g/mol. The first-order chi connectivity index (χ1) is 12.2. The van der Waals surface area contributed by atoms with E-state index in [0.29, 0.717) is 13.1 Å². The van der Waals surface area contributed by atoms with E-state index in [1.54, 1.807) is 18.0 Å². The zero-order valence-electron chi connectivity index (χ0n) is 14.8. The predicted molar refractivity (Wildman–Crippen MR) is 94.8 cm³/mol. The fraction of sp³-hybridized carbons (Fsp3) is 0.474. The van der Waals surface area contributed by atoms with E-state index in [9.17, 15) is 4.79 Å². The number of hydrogen-bond donors (Lipinski definition) is 0. The van der Waals surface area contributed by atoms with Gasteiger partial charge in [-0.05, 0) is 24.6 Å². The Bertz CT molecular complexity index is 679. The predicted octanol–water partition coefficient (Wildman–Crippen LogP) is 2.91. The molecule has 1 aliphatic rings. The third-order valence-corrected chi connectivity index (χ3v) is 4.63. The van der Waals surface area contributed by atoms with E-state index in [2.05, 4.69) is 5.10 Å². The molecule has 25 heavy (non-hydrogen) atoms. The molecule has 1 aliphatic heterocycles. The molecule has 2 aromatic rings. The van der Waals surface area contributed by atoms with E-state index in [0.717, 1.165) is 30.8 Å². The Hall–Kier alpha value is -2.50. The van der Waals surface area contributed by atoms with Crippen molar-refractivity contribution in [3.8, 4) is 11.5 Å². The second kappa shape index (κ2) is 8.05.